The Morgan fingerprint density at radius 1 is 1.24 bits per heavy atom. The summed E-state index contributed by atoms with van der Waals surface area (Å²) in [7, 11) is 0. The van der Waals surface area contributed by atoms with Crippen LogP contribution in [-0.4, -0.2) is 4.98 Å². The van der Waals surface area contributed by atoms with E-state index in [1.165, 1.54) is 30.5 Å². The summed E-state index contributed by atoms with van der Waals surface area (Å²) in [6.45, 7) is 0. The van der Waals surface area contributed by atoms with Crippen LogP contribution in [0.3, 0.4) is 0 Å². The SMILES string of the molecule is Nc1ccc(Oc2ccnc(N)c2Cl)cc1F. The van der Waals surface area contributed by atoms with E-state index in [2.05, 4.69) is 4.98 Å². The van der Waals surface area contributed by atoms with Crippen molar-refractivity contribution in [3.8, 4) is 11.5 Å². The summed E-state index contributed by atoms with van der Waals surface area (Å²) < 4.78 is 18.6. The third kappa shape index (κ3) is 2.39. The van der Waals surface area contributed by atoms with Gasteiger partial charge < -0.3 is 16.2 Å². The van der Waals surface area contributed by atoms with E-state index >= 15 is 0 Å². The number of nitrogen functional groups attached to an aromatic ring is 2. The number of anilines is 2. The van der Waals surface area contributed by atoms with E-state index in [4.69, 9.17) is 27.8 Å². The first-order valence-corrected chi connectivity index (χ1v) is 5.08. The lowest BCUT2D eigenvalue weighted by molar-refractivity contribution is 0.477. The number of aromatic nitrogens is 1. The number of pyridine rings is 1. The average molecular weight is 254 g/mol. The molecular weight excluding hydrogens is 245 g/mol. The van der Waals surface area contributed by atoms with Crippen LogP contribution in [0.15, 0.2) is 30.5 Å². The lowest BCUT2D eigenvalue weighted by Crippen LogP contribution is -1.95. The van der Waals surface area contributed by atoms with Crippen LogP contribution in [0, 0.1) is 5.82 Å². The Balaban J connectivity index is 2.31. The zero-order chi connectivity index (χ0) is 12.4. The average Bonchev–Trinajstić information content (AvgIpc) is 2.30. The van der Waals surface area contributed by atoms with Crippen molar-refractivity contribution in [2.45, 2.75) is 0 Å². The second-order valence-corrected chi connectivity index (χ2v) is 3.67. The maximum absolute atomic E-state index is 13.2. The van der Waals surface area contributed by atoms with Crippen molar-refractivity contribution in [3.05, 3.63) is 41.3 Å². The first-order chi connectivity index (χ1) is 8.08. The number of ether oxygens (including phenoxy) is 1. The van der Waals surface area contributed by atoms with Gasteiger partial charge in [0.05, 0.1) is 5.69 Å². The molecule has 0 unspecified atom stereocenters. The third-order valence-corrected chi connectivity index (χ3v) is 2.46. The van der Waals surface area contributed by atoms with Crippen LogP contribution < -0.4 is 16.2 Å². The highest BCUT2D eigenvalue weighted by molar-refractivity contribution is 6.34. The molecule has 0 radical (unpaired) electrons. The van der Waals surface area contributed by atoms with Crippen molar-refractivity contribution in [2.24, 2.45) is 0 Å². The van der Waals surface area contributed by atoms with Crippen molar-refractivity contribution in [3.63, 3.8) is 0 Å². The van der Waals surface area contributed by atoms with Crippen molar-refractivity contribution >= 4 is 23.1 Å². The minimum Gasteiger partial charge on any atom is -0.455 e. The quantitative estimate of drug-likeness (QED) is 0.807. The fourth-order valence-corrected chi connectivity index (χ4v) is 1.37. The second-order valence-electron chi connectivity index (χ2n) is 3.29. The third-order valence-electron chi connectivity index (χ3n) is 2.08. The van der Waals surface area contributed by atoms with Crippen molar-refractivity contribution < 1.29 is 9.13 Å². The van der Waals surface area contributed by atoms with Gasteiger partial charge in [-0.25, -0.2) is 9.37 Å². The van der Waals surface area contributed by atoms with Gasteiger partial charge in [-0.1, -0.05) is 11.6 Å². The van der Waals surface area contributed by atoms with Gasteiger partial charge in [-0.15, -0.1) is 0 Å². The number of nitrogens with zero attached hydrogens (tertiary/aromatic N) is 1. The predicted molar refractivity (Wildman–Crippen MR) is 64.5 cm³/mol. The van der Waals surface area contributed by atoms with Crippen LogP contribution in [0.25, 0.3) is 0 Å². The van der Waals surface area contributed by atoms with E-state index in [1.807, 2.05) is 0 Å². The zero-order valence-corrected chi connectivity index (χ0v) is 9.41. The Bertz CT molecular complexity index is 562. The summed E-state index contributed by atoms with van der Waals surface area (Å²) in [4.78, 5) is 3.78. The molecule has 2 rings (SSSR count). The minimum atomic E-state index is -0.555. The highest BCUT2D eigenvalue weighted by atomic mass is 35.5. The van der Waals surface area contributed by atoms with E-state index in [1.54, 1.807) is 0 Å². The molecule has 0 amide bonds. The summed E-state index contributed by atoms with van der Waals surface area (Å²) in [5, 5.41) is 0.185. The maximum atomic E-state index is 13.2. The van der Waals surface area contributed by atoms with Gasteiger partial charge >= 0.3 is 0 Å². The van der Waals surface area contributed by atoms with Crippen LogP contribution in [0.4, 0.5) is 15.9 Å². The highest BCUT2D eigenvalue weighted by Crippen LogP contribution is 2.32. The lowest BCUT2D eigenvalue weighted by atomic mass is 10.3. The first-order valence-electron chi connectivity index (χ1n) is 4.71. The molecule has 1 aromatic heterocycles. The molecule has 6 heteroatoms. The van der Waals surface area contributed by atoms with Gasteiger partial charge in [0.15, 0.2) is 5.75 Å². The molecule has 0 fully saturated rings. The molecule has 0 saturated heterocycles. The van der Waals surface area contributed by atoms with Crippen molar-refractivity contribution in [1.29, 1.82) is 0 Å². The van der Waals surface area contributed by atoms with E-state index < -0.39 is 5.82 Å². The fraction of sp³-hybridized carbons (Fsp3) is 0. The zero-order valence-electron chi connectivity index (χ0n) is 8.65. The fourth-order valence-electron chi connectivity index (χ4n) is 1.22. The van der Waals surface area contributed by atoms with E-state index in [-0.39, 0.29) is 22.3 Å². The van der Waals surface area contributed by atoms with Crippen molar-refractivity contribution in [2.75, 3.05) is 11.5 Å². The van der Waals surface area contributed by atoms with Gasteiger partial charge in [-0.2, -0.15) is 0 Å². The first kappa shape index (κ1) is 11.5. The Morgan fingerprint density at radius 3 is 2.71 bits per heavy atom. The van der Waals surface area contributed by atoms with Gasteiger partial charge in [0, 0.05) is 18.3 Å². The smallest absolute Gasteiger partial charge is 0.151 e. The molecule has 17 heavy (non-hydrogen) atoms. The summed E-state index contributed by atoms with van der Waals surface area (Å²) in [5.74, 6) is 0.188. The normalized spacial score (nSPS) is 10.2. The van der Waals surface area contributed by atoms with E-state index in [0.29, 0.717) is 5.75 Å². The van der Waals surface area contributed by atoms with E-state index in [9.17, 15) is 4.39 Å². The highest BCUT2D eigenvalue weighted by Gasteiger charge is 2.08. The molecule has 0 aliphatic heterocycles. The summed E-state index contributed by atoms with van der Waals surface area (Å²) in [5.41, 5.74) is 10.9. The molecule has 0 atom stereocenters. The van der Waals surface area contributed by atoms with Crippen molar-refractivity contribution in [1.82, 2.24) is 4.98 Å². The van der Waals surface area contributed by atoms with Gasteiger partial charge in [0.2, 0.25) is 0 Å². The molecule has 88 valence electrons. The van der Waals surface area contributed by atoms with Crippen LogP contribution in [0.5, 0.6) is 11.5 Å². The summed E-state index contributed by atoms with van der Waals surface area (Å²) in [6.07, 6.45) is 1.45. The standard InChI is InChI=1S/C11H9ClFN3O/c12-10-9(3-4-16-11(10)15)17-6-1-2-8(14)7(13)5-6/h1-5H,14H2,(H2,15,16). The second kappa shape index (κ2) is 4.47. The minimum absolute atomic E-state index is 0.0534. The molecule has 1 heterocycles. The lowest BCUT2D eigenvalue weighted by Gasteiger charge is -2.08. The van der Waals surface area contributed by atoms with E-state index in [0.717, 1.165) is 0 Å². The Hall–Kier alpha value is -2.01. The van der Waals surface area contributed by atoms with Gasteiger partial charge in [0.1, 0.15) is 22.4 Å². The largest absolute Gasteiger partial charge is 0.455 e. The van der Waals surface area contributed by atoms with Crippen LogP contribution >= 0.6 is 11.6 Å². The topological polar surface area (TPSA) is 74.2 Å². The summed E-state index contributed by atoms with van der Waals surface area (Å²) in [6, 6.07) is 5.64. The molecule has 0 bridgehead atoms. The molecule has 4 nitrogen and oxygen atoms in total. The predicted octanol–water partition coefficient (Wildman–Crippen LogP) is 2.83. The Kier molecular flexibility index (Phi) is 3.01. The molecule has 0 aliphatic carbocycles. The molecule has 1 aromatic carbocycles. The van der Waals surface area contributed by atoms with Gasteiger partial charge in [-0.05, 0) is 12.1 Å². The number of halogens is 2. The van der Waals surface area contributed by atoms with Crippen LogP contribution in [-0.2, 0) is 0 Å². The number of rotatable bonds is 2. The molecule has 2 aromatic rings. The van der Waals surface area contributed by atoms with Gasteiger partial charge in [0.25, 0.3) is 0 Å². The number of benzene rings is 1. The number of nitrogens with two attached hydrogens (primary N) is 2. The molecule has 0 saturated carbocycles. The number of hydrogen-bond donors (Lipinski definition) is 2. The summed E-state index contributed by atoms with van der Waals surface area (Å²) >= 11 is 5.88. The van der Waals surface area contributed by atoms with Gasteiger partial charge in [-0.3, -0.25) is 0 Å². The maximum Gasteiger partial charge on any atom is 0.151 e. The molecule has 0 aliphatic rings. The van der Waals surface area contributed by atoms with Crippen LogP contribution in [0.2, 0.25) is 5.02 Å². The Morgan fingerprint density at radius 2 is 2.00 bits per heavy atom. The Labute approximate surface area is 102 Å². The molecule has 0 spiro atoms. The van der Waals surface area contributed by atoms with Crippen LogP contribution in [0.1, 0.15) is 0 Å². The molecular formula is C11H9ClFN3O. The monoisotopic (exact) mass is 253 g/mol. The molecule has 4 N–H and O–H groups in total. The number of hydrogen-bond acceptors (Lipinski definition) is 4.